The summed E-state index contributed by atoms with van der Waals surface area (Å²) in [6.07, 6.45) is 1.94. The lowest BCUT2D eigenvalue weighted by atomic mass is 10.0. The Labute approximate surface area is 103 Å². The molecule has 0 aliphatic carbocycles. The van der Waals surface area contributed by atoms with Gasteiger partial charge in [-0.25, -0.2) is 4.79 Å². The van der Waals surface area contributed by atoms with E-state index in [4.69, 9.17) is 4.74 Å². The summed E-state index contributed by atoms with van der Waals surface area (Å²) >= 11 is 0. The largest absolute Gasteiger partial charge is 0.462 e. The van der Waals surface area contributed by atoms with Crippen molar-refractivity contribution < 1.29 is 9.53 Å². The number of carbonyl (C=O) groups excluding carboxylic acids is 1. The van der Waals surface area contributed by atoms with E-state index in [1.807, 2.05) is 44.2 Å². The van der Waals surface area contributed by atoms with Crippen molar-refractivity contribution in [3.63, 3.8) is 0 Å². The molecule has 0 bridgehead atoms. The molecular weight excluding hydrogens is 212 g/mol. The van der Waals surface area contributed by atoms with E-state index in [0.29, 0.717) is 12.2 Å². The van der Waals surface area contributed by atoms with E-state index in [0.717, 1.165) is 24.0 Å². The number of ether oxygens (including phenoxy) is 1. The molecule has 1 aromatic carbocycles. The van der Waals surface area contributed by atoms with Crippen LogP contribution in [0.1, 0.15) is 39.2 Å². The molecule has 0 fully saturated rings. The first kappa shape index (κ1) is 13.5. The van der Waals surface area contributed by atoms with Gasteiger partial charge in [-0.15, -0.1) is 0 Å². The van der Waals surface area contributed by atoms with E-state index in [-0.39, 0.29) is 5.97 Å². The number of esters is 1. The molecule has 0 aromatic heterocycles. The third kappa shape index (κ3) is 4.06. The van der Waals surface area contributed by atoms with Gasteiger partial charge in [-0.3, -0.25) is 0 Å². The lowest BCUT2D eigenvalue weighted by Gasteiger charge is -2.10. The van der Waals surface area contributed by atoms with Crippen LogP contribution in [0.25, 0.3) is 5.57 Å². The molecule has 2 heteroatoms. The smallest absolute Gasteiger partial charge is 0.338 e. The Bertz CT molecular complexity index is 387. The van der Waals surface area contributed by atoms with Crippen LogP contribution in [0.5, 0.6) is 0 Å². The predicted octanol–water partition coefficient (Wildman–Crippen LogP) is 3.82. The normalized spacial score (nSPS) is 9.82. The summed E-state index contributed by atoms with van der Waals surface area (Å²) in [6.45, 7) is 6.44. The predicted molar refractivity (Wildman–Crippen MR) is 70.6 cm³/mol. The van der Waals surface area contributed by atoms with Crippen molar-refractivity contribution >= 4 is 11.5 Å². The van der Waals surface area contributed by atoms with Crippen LogP contribution in [-0.2, 0) is 9.53 Å². The van der Waals surface area contributed by atoms with Gasteiger partial charge in [-0.1, -0.05) is 49.2 Å². The van der Waals surface area contributed by atoms with Crippen molar-refractivity contribution in [3.8, 4) is 0 Å². The fourth-order valence-corrected chi connectivity index (χ4v) is 1.60. The zero-order valence-electron chi connectivity index (χ0n) is 10.8. The van der Waals surface area contributed by atoms with E-state index in [2.05, 4.69) is 6.92 Å². The highest BCUT2D eigenvalue weighted by Gasteiger charge is 2.14. The highest BCUT2D eigenvalue weighted by Crippen LogP contribution is 2.20. The SMILES string of the molecule is CCCCOC(=O)C(=C(C)C)c1ccccc1. The lowest BCUT2D eigenvalue weighted by Crippen LogP contribution is -2.09. The van der Waals surface area contributed by atoms with Gasteiger partial charge in [0.15, 0.2) is 0 Å². The van der Waals surface area contributed by atoms with Crippen LogP contribution in [0.3, 0.4) is 0 Å². The van der Waals surface area contributed by atoms with E-state index in [9.17, 15) is 4.79 Å². The maximum atomic E-state index is 12.0. The van der Waals surface area contributed by atoms with Gasteiger partial charge in [0.2, 0.25) is 0 Å². The van der Waals surface area contributed by atoms with E-state index in [1.165, 1.54) is 0 Å². The number of benzene rings is 1. The first-order valence-electron chi connectivity index (χ1n) is 6.06. The molecule has 0 heterocycles. The summed E-state index contributed by atoms with van der Waals surface area (Å²) in [6, 6.07) is 9.66. The molecule has 2 nitrogen and oxygen atoms in total. The minimum absolute atomic E-state index is 0.218. The molecule has 0 spiro atoms. The highest BCUT2D eigenvalue weighted by molar-refractivity contribution is 6.17. The van der Waals surface area contributed by atoms with Gasteiger partial charge < -0.3 is 4.74 Å². The minimum atomic E-state index is -0.218. The quantitative estimate of drug-likeness (QED) is 0.438. The molecule has 0 unspecified atom stereocenters. The Hall–Kier alpha value is -1.57. The van der Waals surface area contributed by atoms with Crippen LogP contribution in [0.4, 0.5) is 0 Å². The van der Waals surface area contributed by atoms with Crippen molar-refractivity contribution in [3.05, 3.63) is 41.5 Å². The third-order valence-corrected chi connectivity index (χ3v) is 2.50. The average molecular weight is 232 g/mol. The Kier molecular flexibility index (Phi) is 5.47. The fraction of sp³-hybridized carbons (Fsp3) is 0.400. The summed E-state index contributed by atoms with van der Waals surface area (Å²) in [5, 5.41) is 0. The Morgan fingerprint density at radius 2 is 1.82 bits per heavy atom. The number of carbonyl (C=O) groups is 1. The van der Waals surface area contributed by atoms with Gasteiger partial charge in [0.25, 0.3) is 0 Å². The number of rotatable bonds is 5. The van der Waals surface area contributed by atoms with Gasteiger partial charge in [-0.2, -0.15) is 0 Å². The first-order chi connectivity index (χ1) is 8.16. The summed E-state index contributed by atoms with van der Waals surface area (Å²) < 4.78 is 5.26. The molecule has 0 radical (unpaired) electrons. The summed E-state index contributed by atoms with van der Waals surface area (Å²) in [5.74, 6) is -0.218. The Balaban J connectivity index is 2.82. The summed E-state index contributed by atoms with van der Waals surface area (Å²) in [7, 11) is 0. The average Bonchev–Trinajstić information content (AvgIpc) is 2.30. The zero-order valence-corrected chi connectivity index (χ0v) is 10.8. The van der Waals surface area contributed by atoms with Crippen molar-refractivity contribution in [2.24, 2.45) is 0 Å². The fourth-order valence-electron chi connectivity index (χ4n) is 1.60. The number of hydrogen-bond donors (Lipinski definition) is 0. The lowest BCUT2D eigenvalue weighted by molar-refractivity contribution is -0.136. The number of unbranched alkanes of at least 4 members (excludes halogenated alkanes) is 1. The molecule has 0 amide bonds. The topological polar surface area (TPSA) is 26.3 Å². The minimum Gasteiger partial charge on any atom is -0.462 e. The molecule has 0 saturated heterocycles. The number of hydrogen-bond acceptors (Lipinski definition) is 2. The van der Waals surface area contributed by atoms with Gasteiger partial charge >= 0.3 is 5.97 Å². The van der Waals surface area contributed by atoms with Gasteiger partial charge in [-0.05, 0) is 25.8 Å². The second-order valence-corrected chi connectivity index (χ2v) is 4.23. The van der Waals surface area contributed by atoms with Crippen molar-refractivity contribution in [2.45, 2.75) is 33.6 Å². The van der Waals surface area contributed by atoms with E-state index in [1.54, 1.807) is 0 Å². The standard InChI is InChI=1S/C15H20O2/c1-4-5-11-17-15(16)14(12(2)3)13-9-7-6-8-10-13/h6-10H,4-5,11H2,1-3H3. The van der Waals surface area contributed by atoms with Crippen LogP contribution in [0.2, 0.25) is 0 Å². The molecule has 0 aliphatic rings. The van der Waals surface area contributed by atoms with Gasteiger partial charge in [0.1, 0.15) is 0 Å². The molecule has 92 valence electrons. The van der Waals surface area contributed by atoms with E-state index < -0.39 is 0 Å². The molecule has 17 heavy (non-hydrogen) atoms. The van der Waals surface area contributed by atoms with Crippen molar-refractivity contribution in [2.75, 3.05) is 6.61 Å². The van der Waals surface area contributed by atoms with Gasteiger partial charge in [0.05, 0.1) is 12.2 Å². The molecule has 0 N–H and O–H groups in total. The number of allylic oxidation sites excluding steroid dienone is 1. The zero-order chi connectivity index (χ0) is 12.7. The Morgan fingerprint density at radius 3 is 2.35 bits per heavy atom. The van der Waals surface area contributed by atoms with Crippen molar-refractivity contribution in [1.29, 1.82) is 0 Å². The van der Waals surface area contributed by atoms with Gasteiger partial charge in [0, 0.05) is 0 Å². The van der Waals surface area contributed by atoms with Crippen LogP contribution in [-0.4, -0.2) is 12.6 Å². The second kappa shape index (κ2) is 6.89. The van der Waals surface area contributed by atoms with E-state index >= 15 is 0 Å². The summed E-state index contributed by atoms with van der Waals surface area (Å²) in [4.78, 5) is 12.0. The van der Waals surface area contributed by atoms with Crippen molar-refractivity contribution in [1.82, 2.24) is 0 Å². The van der Waals surface area contributed by atoms with Crippen LogP contribution >= 0.6 is 0 Å². The second-order valence-electron chi connectivity index (χ2n) is 4.23. The molecule has 1 rings (SSSR count). The molecule has 0 saturated carbocycles. The molecule has 1 aromatic rings. The van der Waals surface area contributed by atoms with Crippen LogP contribution in [0.15, 0.2) is 35.9 Å². The maximum absolute atomic E-state index is 12.0. The molecule has 0 aliphatic heterocycles. The molecule has 0 atom stereocenters. The maximum Gasteiger partial charge on any atom is 0.338 e. The Morgan fingerprint density at radius 1 is 1.18 bits per heavy atom. The third-order valence-electron chi connectivity index (χ3n) is 2.50. The monoisotopic (exact) mass is 232 g/mol. The highest BCUT2D eigenvalue weighted by atomic mass is 16.5. The van der Waals surface area contributed by atoms with Crippen LogP contribution < -0.4 is 0 Å². The molecular formula is C15H20O2. The summed E-state index contributed by atoms with van der Waals surface area (Å²) in [5.41, 5.74) is 2.59. The first-order valence-corrected chi connectivity index (χ1v) is 6.06. The van der Waals surface area contributed by atoms with Crippen LogP contribution in [0, 0.1) is 0 Å².